The molecule has 0 aliphatic rings. The summed E-state index contributed by atoms with van der Waals surface area (Å²) in [5.74, 6) is -0.822. The molecule has 0 aliphatic heterocycles. The van der Waals surface area contributed by atoms with Gasteiger partial charge in [-0.3, -0.25) is 0 Å². The Balaban J connectivity index is 2.32. The van der Waals surface area contributed by atoms with E-state index in [-0.39, 0.29) is 4.90 Å². The molecule has 158 valence electrons. The lowest BCUT2D eigenvalue weighted by Crippen LogP contribution is -2.13. The number of ether oxygens (including phenoxy) is 2. The van der Waals surface area contributed by atoms with E-state index in [2.05, 4.69) is 0 Å². The summed E-state index contributed by atoms with van der Waals surface area (Å²) >= 11 is 0. The van der Waals surface area contributed by atoms with E-state index in [1.165, 1.54) is 24.3 Å². The Hall–Kier alpha value is -3.04. The van der Waals surface area contributed by atoms with Crippen LogP contribution < -0.4 is 14.6 Å². The molecule has 0 saturated heterocycles. The van der Waals surface area contributed by atoms with Crippen molar-refractivity contribution in [1.29, 1.82) is 0 Å². The molecule has 0 aromatic heterocycles. The largest absolute Gasteiger partial charge is 0.496 e. The SMILES string of the molecule is COc1cc(-c2ccccc2-c2ccccc2S(N)(=O)=O)cc(OC)c1C(F)(F)F. The fraction of sp³-hybridized carbons (Fsp3) is 0.143. The van der Waals surface area contributed by atoms with E-state index in [1.807, 2.05) is 0 Å². The molecule has 0 amide bonds. The monoisotopic (exact) mass is 437 g/mol. The number of rotatable bonds is 5. The van der Waals surface area contributed by atoms with Crippen molar-refractivity contribution in [2.75, 3.05) is 14.2 Å². The van der Waals surface area contributed by atoms with Crippen molar-refractivity contribution in [2.24, 2.45) is 5.14 Å². The number of methoxy groups -OCH3 is 2. The number of hydrogen-bond acceptors (Lipinski definition) is 4. The molecule has 0 saturated carbocycles. The third kappa shape index (κ3) is 4.12. The van der Waals surface area contributed by atoms with E-state index in [4.69, 9.17) is 14.6 Å². The standard InChI is InChI=1S/C21H18F3NO4S/c1-28-17-11-13(12-18(29-2)20(17)21(22,23)24)14-7-3-4-8-15(14)16-9-5-6-10-19(16)30(25,26)27/h3-12H,1-2H3,(H2,25,26,27). The highest BCUT2D eigenvalue weighted by Crippen LogP contribution is 2.46. The lowest BCUT2D eigenvalue weighted by Gasteiger charge is -2.19. The summed E-state index contributed by atoms with van der Waals surface area (Å²) in [5, 5.41) is 5.35. The van der Waals surface area contributed by atoms with Gasteiger partial charge >= 0.3 is 6.18 Å². The van der Waals surface area contributed by atoms with Crippen molar-refractivity contribution < 1.29 is 31.1 Å². The van der Waals surface area contributed by atoms with Crippen LogP contribution in [0.2, 0.25) is 0 Å². The average Bonchev–Trinajstić information content (AvgIpc) is 2.71. The predicted molar refractivity (Wildman–Crippen MR) is 107 cm³/mol. The van der Waals surface area contributed by atoms with Gasteiger partial charge in [0.2, 0.25) is 10.0 Å². The second-order valence-electron chi connectivity index (χ2n) is 6.34. The third-order valence-corrected chi connectivity index (χ3v) is 5.48. The highest BCUT2D eigenvalue weighted by Gasteiger charge is 2.38. The molecule has 0 unspecified atom stereocenters. The Bertz CT molecular complexity index is 1170. The number of sulfonamides is 1. The molecule has 0 aliphatic carbocycles. The fourth-order valence-electron chi connectivity index (χ4n) is 3.25. The molecular formula is C21H18F3NO4S. The van der Waals surface area contributed by atoms with Gasteiger partial charge < -0.3 is 9.47 Å². The van der Waals surface area contributed by atoms with E-state index in [1.54, 1.807) is 36.4 Å². The van der Waals surface area contributed by atoms with E-state index in [0.29, 0.717) is 22.3 Å². The van der Waals surface area contributed by atoms with Crippen LogP contribution >= 0.6 is 0 Å². The van der Waals surface area contributed by atoms with Crippen LogP contribution in [-0.4, -0.2) is 22.6 Å². The Labute approximate surface area is 171 Å². The number of halogens is 3. The number of alkyl halides is 3. The van der Waals surface area contributed by atoms with Gasteiger partial charge in [-0.2, -0.15) is 13.2 Å². The Morgan fingerprint density at radius 2 is 1.27 bits per heavy atom. The second kappa shape index (κ2) is 8.00. The van der Waals surface area contributed by atoms with Crippen molar-refractivity contribution in [2.45, 2.75) is 11.1 Å². The molecule has 0 atom stereocenters. The Morgan fingerprint density at radius 3 is 1.73 bits per heavy atom. The minimum absolute atomic E-state index is 0.0942. The lowest BCUT2D eigenvalue weighted by molar-refractivity contribution is -0.139. The first-order valence-electron chi connectivity index (χ1n) is 8.62. The smallest absolute Gasteiger partial charge is 0.423 e. The van der Waals surface area contributed by atoms with Crippen LogP contribution in [0.4, 0.5) is 13.2 Å². The van der Waals surface area contributed by atoms with E-state index >= 15 is 0 Å². The fourth-order valence-corrected chi connectivity index (χ4v) is 4.01. The molecule has 3 aromatic carbocycles. The van der Waals surface area contributed by atoms with E-state index in [9.17, 15) is 21.6 Å². The minimum atomic E-state index is -4.69. The second-order valence-corrected chi connectivity index (χ2v) is 7.87. The van der Waals surface area contributed by atoms with Gasteiger partial charge in [-0.15, -0.1) is 0 Å². The molecule has 2 N–H and O–H groups in total. The van der Waals surface area contributed by atoms with Gasteiger partial charge in [0.15, 0.2) is 0 Å². The Morgan fingerprint density at radius 1 is 0.800 bits per heavy atom. The van der Waals surface area contributed by atoms with Crippen molar-refractivity contribution in [3.63, 3.8) is 0 Å². The van der Waals surface area contributed by atoms with Gasteiger partial charge in [0.25, 0.3) is 0 Å². The molecule has 0 heterocycles. The maximum Gasteiger partial charge on any atom is 0.423 e. The molecule has 3 aromatic rings. The van der Waals surface area contributed by atoms with Crippen molar-refractivity contribution in [3.05, 3.63) is 66.2 Å². The Kier molecular flexibility index (Phi) is 5.78. The minimum Gasteiger partial charge on any atom is -0.496 e. The molecule has 0 bridgehead atoms. The first-order chi connectivity index (χ1) is 14.1. The summed E-state index contributed by atoms with van der Waals surface area (Å²) in [6.07, 6.45) is -4.69. The van der Waals surface area contributed by atoms with Crippen LogP contribution in [0.15, 0.2) is 65.6 Å². The highest BCUT2D eigenvalue weighted by atomic mass is 32.2. The third-order valence-electron chi connectivity index (χ3n) is 4.51. The van der Waals surface area contributed by atoms with Crippen LogP contribution in [0, 0.1) is 0 Å². The van der Waals surface area contributed by atoms with Crippen LogP contribution in [0.25, 0.3) is 22.3 Å². The zero-order chi connectivity index (χ0) is 22.1. The average molecular weight is 437 g/mol. The molecule has 3 rings (SSSR count). The maximum atomic E-state index is 13.5. The summed E-state index contributed by atoms with van der Waals surface area (Å²) in [6, 6.07) is 15.3. The van der Waals surface area contributed by atoms with Gasteiger partial charge in [0.05, 0.1) is 19.1 Å². The molecular weight excluding hydrogens is 419 g/mol. The normalized spacial score (nSPS) is 11.9. The van der Waals surface area contributed by atoms with E-state index in [0.717, 1.165) is 14.2 Å². The van der Waals surface area contributed by atoms with Gasteiger partial charge in [-0.25, -0.2) is 13.6 Å². The van der Waals surface area contributed by atoms with Crippen LogP contribution in [0.1, 0.15) is 5.56 Å². The molecule has 5 nitrogen and oxygen atoms in total. The zero-order valence-corrected chi connectivity index (χ0v) is 16.8. The molecule has 0 fully saturated rings. The predicted octanol–water partition coefficient (Wildman–Crippen LogP) is 4.70. The summed E-state index contributed by atoms with van der Waals surface area (Å²) in [6.45, 7) is 0. The zero-order valence-electron chi connectivity index (χ0n) is 16.0. The number of nitrogens with two attached hydrogens (primary N) is 1. The molecule has 0 spiro atoms. The molecule has 0 radical (unpaired) electrons. The first kappa shape index (κ1) is 21.7. The number of primary sulfonamides is 1. The summed E-state index contributed by atoms with van der Waals surface area (Å²) in [7, 11) is -1.76. The quantitative estimate of drug-likeness (QED) is 0.627. The molecule has 30 heavy (non-hydrogen) atoms. The maximum absolute atomic E-state index is 13.5. The number of benzene rings is 3. The van der Waals surface area contributed by atoms with Crippen molar-refractivity contribution in [1.82, 2.24) is 0 Å². The van der Waals surface area contributed by atoms with Gasteiger partial charge in [0, 0.05) is 5.56 Å². The van der Waals surface area contributed by atoms with Crippen molar-refractivity contribution in [3.8, 4) is 33.8 Å². The topological polar surface area (TPSA) is 78.6 Å². The van der Waals surface area contributed by atoms with Crippen LogP contribution in [0.5, 0.6) is 11.5 Å². The van der Waals surface area contributed by atoms with Crippen LogP contribution in [-0.2, 0) is 16.2 Å². The van der Waals surface area contributed by atoms with Gasteiger partial charge in [-0.05, 0) is 34.9 Å². The molecule has 9 heteroatoms. The summed E-state index contributed by atoms with van der Waals surface area (Å²) in [5.41, 5.74) is 0.619. The lowest BCUT2D eigenvalue weighted by atomic mass is 9.93. The van der Waals surface area contributed by atoms with Crippen molar-refractivity contribution >= 4 is 10.0 Å². The summed E-state index contributed by atoms with van der Waals surface area (Å²) in [4.78, 5) is -0.0942. The first-order valence-corrected chi connectivity index (χ1v) is 10.2. The number of hydrogen-bond donors (Lipinski definition) is 1. The van der Waals surface area contributed by atoms with Gasteiger partial charge in [0.1, 0.15) is 17.1 Å². The highest BCUT2D eigenvalue weighted by molar-refractivity contribution is 7.89. The van der Waals surface area contributed by atoms with Crippen LogP contribution in [0.3, 0.4) is 0 Å². The van der Waals surface area contributed by atoms with Gasteiger partial charge in [-0.1, -0.05) is 42.5 Å². The summed E-state index contributed by atoms with van der Waals surface area (Å²) < 4.78 is 74.6. The van der Waals surface area contributed by atoms with E-state index < -0.39 is 33.3 Å².